The molecule has 6 rings (SSSR count). The number of hydrogen-bond acceptors (Lipinski definition) is 8. The number of aliphatic hydroxyl groups is 1. The predicted octanol–water partition coefficient (Wildman–Crippen LogP) is 2.19. The molecule has 3 radical (unpaired) electrons. The quantitative estimate of drug-likeness (QED) is 0.210. The summed E-state index contributed by atoms with van der Waals surface area (Å²) in [5.41, 5.74) is 1.60. The van der Waals surface area contributed by atoms with E-state index in [4.69, 9.17) is 9.72 Å². The van der Waals surface area contributed by atoms with Gasteiger partial charge in [-0.1, -0.05) is 25.1 Å². The third kappa shape index (κ3) is 4.76. The molecule has 2 unspecified atom stereocenters. The Kier molecular flexibility index (Phi) is 7.71. The molecule has 0 bridgehead atoms. The molecular formula is C32H35N4O7Si. The molecule has 12 heteroatoms. The minimum atomic E-state index is -1.92. The average Bonchev–Trinajstić information content (AvgIpc) is 3.27. The fourth-order valence-electron chi connectivity index (χ4n) is 6.87. The van der Waals surface area contributed by atoms with E-state index in [0.29, 0.717) is 30.9 Å². The van der Waals surface area contributed by atoms with Crippen LogP contribution in [-0.2, 0) is 37.9 Å². The maximum Gasteiger partial charge on any atom is 0.343 e. The number of cyclic esters (lactones) is 1. The van der Waals surface area contributed by atoms with Gasteiger partial charge in [0.15, 0.2) is 5.60 Å². The van der Waals surface area contributed by atoms with Crippen molar-refractivity contribution >= 4 is 39.0 Å². The first-order valence-electron chi connectivity index (χ1n) is 15.0. The van der Waals surface area contributed by atoms with Crippen LogP contribution in [0.3, 0.4) is 0 Å². The van der Waals surface area contributed by atoms with Crippen molar-refractivity contribution in [2.24, 2.45) is 0 Å². The number of carbonyl (C=O) groups excluding carboxylic acids is 2. The number of fused-ring (bicyclic) bond motifs is 5. The monoisotopic (exact) mass is 615 g/mol. The van der Waals surface area contributed by atoms with E-state index in [0.717, 1.165) is 22.0 Å². The summed E-state index contributed by atoms with van der Waals surface area (Å²) in [5, 5.41) is 24.9. The van der Waals surface area contributed by atoms with Crippen molar-refractivity contribution in [2.45, 2.75) is 82.3 Å². The molecule has 11 nitrogen and oxygen atoms in total. The van der Waals surface area contributed by atoms with E-state index in [1.165, 1.54) is 0 Å². The summed E-state index contributed by atoms with van der Waals surface area (Å²) in [5.74, 6) is -1.97. The zero-order valence-corrected chi connectivity index (χ0v) is 25.9. The number of carboxylic acid groups (broad SMARTS) is 1. The van der Waals surface area contributed by atoms with E-state index in [9.17, 15) is 29.4 Å². The van der Waals surface area contributed by atoms with Gasteiger partial charge >= 0.3 is 11.9 Å². The number of benzene rings is 1. The van der Waals surface area contributed by atoms with E-state index >= 15 is 0 Å². The van der Waals surface area contributed by atoms with E-state index in [-0.39, 0.29) is 66.1 Å². The highest BCUT2D eigenvalue weighted by Crippen LogP contribution is 2.42. The van der Waals surface area contributed by atoms with Gasteiger partial charge in [-0.15, -0.1) is 0 Å². The molecule has 0 saturated carbocycles. The van der Waals surface area contributed by atoms with Gasteiger partial charge in [-0.25, -0.2) is 9.78 Å². The van der Waals surface area contributed by atoms with Gasteiger partial charge in [0, 0.05) is 58.2 Å². The average molecular weight is 616 g/mol. The van der Waals surface area contributed by atoms with E-state index in [2.05, 4.69) is 15.6 Å². The molecule has 1 fully saturated rings. The normalized spacial score (nSPS) is 23.6. The van der Waals surface area contributed by atoms with Gasteiger partial charge in [0.1, 0.15) is 6.61 Å². The molecule has 3 aliphatic rings. The Morgan fingerprint density at radius 1 is 1.23 bits per heavy atom. The van der Waals surface area contributed by atoms with Gasteiger partial charge in [0.05, 0.1) is 35.1 Å². The van der Waals surface area contributed by atoms with Crippen LogP contribution < -0.4 is 10.9 Å². The van der Waals surface area contributed by atoms with Crippen LogP contribution in [0.2, 0.25) is 5.54 Å². The number of amides is 1. The maximum absolute atomic E-state index is 13.9. The molecule has 229 valence electrons. The smallest absolute Gasteiger partial charge is 0.343 e. The number of nitrogens with one attached hydrogen (secondary N) is 1. The number of pyridine rings is 2. The summed E-state index contributed by atoms with van der Waals surface area (Å²) in [6.45, 7) is 6.49. The zero-order chi connectivity index (χ0) is 31.5. The second-order valence-corrected chi connectivity index (χ2v) is 12.9. The minimum absolute atomic E-state index is 0.0554. The fourth-order valence-corrected chi connectivity index (χ4v) is 7.28. The number of hydrogen-bond donors (Lipinski definition) is 3. The maximum atomic E-state index is 13.9. The van der Waals surface area contributed by atoms with E-state index in [1.807, 2.05) is 43.0 Å². The number of carboxylic acids is 1. The molecule has 1 saturated heterocycles. The van der Waals surface area contributed by atoms with Crippen molar-refractivity contribution in [3.05, 3.63) is 62.9 Å². The molecule has 0 spiro atoms. The Hall–Kier alpha value is -3.87. The van der Waals surface area contributed by atoms with Gasteiger partial charge in [0.2, 0.25) is 5.91 Å². The number of esters is 1. The largest absolute Gasteiger partial charge is 0.481 e. The van der Waals surface area contributed by atoms with Crippen LogP contribution in [0.25, 0.3) is 22.3 Å². The number of carbonyl (C=O) groups is 3. The Bertz CT molecular complexity index is 1750. The highest BCUT2D eigenvalue weighted by molar-refractivity contribution is 6.14. The van der Waals surface area contributed by atoms with Crippen LogP contribution in [-0.4, -0.2) is 77.9 Å². The first kappa shape index (κ1) is 30.2. The Morgan fingerprint density at radius 3 is 2.68 bits per heavy atom. The Labute approximate surface area is 257 Å². The number of nitrogens with zero attached hydrogens (tertiary/aromatic N) is 3. The minimum Gasteiger partial charge on any atom is -0.481 e. The Balaban J connectivity index is 1.49. The van der Waals surface area contributed by atoms with Crippen molar-refractivity contribution in [1.29, 1.82) is 0 Å². The second kappa shape index (κ2) is 11.2. The number of para-hydroxylation sites is 1. The molecule has 44 heavy (non-hydrogen) atoms. The molecule has 3 aromatic rings. The van der Waals surface area contributed by atoms with Crippen LogP contribution in [0.1, 0.15) is 68.2 Å². The lowest BCUT2D eigenvalue weighted by atomic mass is 9.85. The molecule has 1 amide bonds. The highest BCUT2D eigenvalue weighted by Gasteiger charge is 2.46. The van der Waals surface area contributed by atoms with Crippen LogP contribution >= 0.6 is 0 Å². The summed E-state index contributed by atoms with van der Waals surface area (Å²) >= 11 is 0. The predicted molar refractivity (Wildman–Crippen MR) is 162 cm³/mol. The molecule has 3 N–H and O–H groups in total. The van der Waals surface area contributed by atoms with Crippen molar-refractivity contribution in [3.8, 4) is 11.4 Å². The van der Waals surface area contributed by atoms with Gasteiger partial charge < -0.3 is 29.7 Å². The van der Waals surface area contributed by atoms with Gasteiger partial charge in [-0.3, -0.25) is 14.4 Å². The lowest BCUT2D eigenvalue weighted by Crippen LogP contribution is -2.48. The van der Waals surface area contributed by atoms with Crippen molar-refractivity contribution < 1.29 is 29.3 Å². The molecule has 3 aliphatic heterocycles. The summed E-state index contributed by atoms with van der Waals surface area (Å²) in [4.78, 5) is 58.3. The number of aromatic nitrogens is 2. The molecule has 0 aliphatic carbocycles. The lowest BCUT2D eigenvalue weighted by Gasteiger charge is -2.31. The van der Waals surface area contributed by atoms with Gasteiger partial charge in [0.25, 0.3) is 5.56 Å². The highest BCUT2D eigenvalue weighted by atomic mass is 28.1. The summed E-state index contributed by atoms with van der Waals surface area (Å²) in [7, 11) is 3.65. The molecule has 5 heterocycles. The molecule has 1 aromatic carbocycles. The second-order valence-electron chi connectivity index (χ2n) is 12.2. The third-order valence-corrected chi connectivity index (χ3v) is 9.91. The third-order valence-electron chi connectivity index (χ3n) is 9.29. The van der Waals surface area contributed by atoms with Crippen molar-refractivity contribution in [3.63, 3.8) is 0 Å². The van der Waals surface area contributed by atoms with E-state index < -0.39 is 23.6 Å². The van der Waals surface area contributed by atoms with Crippen LogP contribution in [0, 0.1) is 0 Å². The van der Waals surface area contributed by atoms with Gasteiger partial charge in [-0.2, -0.15) is 0 Å². The van der Waals surface area contributed by atoms with Crippen molar-refractivity contribution in [1.82, 2.24) is 19.8 Å². The standard InChI is InChI=1S/C32H35N4O7Si/c1-4-32(42)21-11-23-27-19(14-36(23)29(39)20(21)15-43-31(32)41)26(18-7-5-6-8-22(18)34-27)17-12-33-28(24(44)9-10-25(37)38)30(40)35(13-17)16(2)3/h5-8,11,16-17,24,28,33,42H,4,9-10,12-15H2,1-3H3,(H,37,38)/t17?,24?,28-,32-/m0/s1. The topological polar surface area (TPSA) is 151 Å². The number of ether oxygens (including phenoxy) is 1. The van der Waals surface area contributed by atoms with Crippen molar-refractivity contribution in [2.75, 3.05) is 13.1 Å². The summed E-state index contributed by atoms with van der Waals surface area (Å²) < 4.78 is 6.86. The summed E-state index contributed by atoms with van der Waals surface area (Å²) in [6, 6.07) is 8.74. The Morgan fingerprint density at radius 2 is 1.98 bits per heavy atom. The SMILES string of the molecule is CC[C@@]1(O)C(=O)OCc2c1cc1n(c2=O)Cc2c-1nc1ccccc1c2C1CN[C@@H](C([Si])CCC(=O)O)C(=O)N(C(C)C)C1. The molecule has 4 atom stereocenters. The molecule has 2 aromatic heterocycles. The van der Waals surface area contributed by atoms with Crippen LogP contribution in [0.5, 0.6) is 0 Å². The van der Waals surface area contributed by atoms with Crippen LogP contribution in [0.15, 0.2) is 35.1 Å². The van der Waals surface area contributed by atoms with Crippen LogP contribution in [0.4, 0.5) is 0 Å². The fraction of sp³-hybridized carbons (Fsp3) is 0.469. The number of rotatable bonds is 7. The lowest BCUT2D eigenvalue weighted by molar-refractivity contribution is -0.172. The molecular weight excluding hydrogens is 580 g/mol. The zero-order valence-electron chi connectivity index (χ0n) is 24.9. The number of aliphatic carboxylic acids is 1. The first-order chi connectivity index (χ1) is 21.0. The summed E-state index contributed by atoms with van der Waals surface area (Å²) in [6.07, 6.45) is 0.285. The van der Waals surface area contributed by atoms with E-state index in [1.54, 1.807) is 17.6 Å². The first-order valence-corrected chi connectivity index (χ1v) is 15.6. The van der Waals surface area contributed by atoms with Gasteiger partial charge in [-0.05, 0) is 49.9 Å².